The third-order valence-corrected chi connectivity index (χ3v) is 3.37. The van der Waals surface area contributed by atoms with E-state index in [2.05, 4.69) is 6.92 Å². The van der Waals surface area contributed by atoms with Crippen molar-refractivity contribution < 1.29 is 10.2 Å². The lowest BCUT2D eigenvalue weighted by molar-refractivity contribution is 0.0112. The zero-order valence-corrected chi connectivity index (χ0v) is 11.7. The smallest absolute Gasteiger partial charge is 0.107 e. The van der Waals surface area contributed by atoms with E-state index < -0.39 is 17.0 Å². The standard InChI is InChI=1S/C12H24Cl2O2/c1-3-4-5-6-11(16)10(9(2)15)7-8-12(13)14/h9-12,15-16H,3-8H2,1-2H3. The van der Waals surface area contributed by atoms with E-state index in [0.29, 0.717) is 12.8 Å². The maximum absolute atomic E-state index is 9.97. The summed E-state index contributed by atoms with van der Waals surface area (Å²) >= 11 is 11.3. The van der Waals surface area contributed by atoms with Crippen LogP contribution in [0.15, 0.2) is 0 Å². The monoisotopic (exact) mass is 270 g/mol. The highest BCUT2D eigenvalue weighted by molar-refractivity contribution is 6.44. The number of alkyl halides is 2. The molecule has 0 aliphatic rings. The maximum Gasteiger partial charge on any atom is 0.107 e. The molecule has 0 bridgehead atoms. The highest BCUT2D eigenvalue weighted by atomic mass is 35.5. The molecule has 0 amide bonds. The molecule has 0 aliphatic heterocycles. The predicted molar refractivity (Wildman–Crippen MR) is 70.0 cm³/mol. The first-order valence-corrected chi connectivity index (χ1v) is 7.00. The Labute approximate surface area is 109 Å². The minimum atomic E-state index is -0.510. The fourth-order valence-corrected chi connectivity index (χ4v) is 2.14. The second-order valence-electron chi connectivity index (χ2n) is 4.44. The first-order valence-electron chi connectivity index (χ1n) is 6.13. The van der Waals surface area contributed by atoms with Gasteiger partial charge in [-0.15, -0.1) is 23.2 Å². The Morgan fingerprint density at radius 1 is 1.00 bits per heavy atom. The van der Waals surface area contributed by atoms with Crippen LogP contribution >= 0.6 is 23.2 Å². The molecule has 0 radical (unpaired) electrons. The number of hydrogen-bond acceptors (Lipinski definition) is 2. The van der Waals surface area contributed by atoms with E-state index in [4.69, 9.17) is 23.2 Å². The first-order chi connectivity index (χ1) is 7.49. The van der Waals surface area contributed by atoms with Crippen molar-refractivity contribution in [2.24, 2.45) is 5.92 Å². The molecular weight excluding hydrogens is 247 g/mol. The zero-order chi connectivity index (χ0) is 12.6. The summed E-state index contributed by atoms with van der Waals surface area (Å²) in [5.41, 5.74) is 0. The molecule has 2 N–H and O–H groups in total. The molecule has 0 aromatic carbocycles. The predicted octanol–water partition coefficient (Wildman–Crippen LogP) is 3.51. The van der Waals surface area contributed by atoms with Gasteiger partial charge in [0.15, 0.2) is 0 Å². The van der Waals surface area contributed by atoms with Crippen molar-refractivity contribution in [2.75, 3.05) is 0 Å². The number of aliphatic hydroxyl groups is 2. The number of hydrogen-bond donors (Lipinski definition) is 2. The highest BCUT2D eigenvalue weighted by Crippen LogP contribution is 2.23. The molecule has 0 aliphatic carbocycles. The molecule has 0 saturated carbocycles. The van der Waals surface area contributed by atoms with Crippen LogP contribution < -0.4 is 0 Å². The Bertz CT molecular complexity index is 163. The summed E-state index contributed by atoms with van der Waals surface area (Å²) in [6.07, 6.45) is 4.34. The van der Waals surface area contributed by atoms with Gasteiger partial charge in [-0.05, 0) is 26.2 Å². The molecule has 0 aromatic rings. The quantitative estimate of drug-likeness (QED) is 0.497. The van der Waals surface area contributed by atoms with E-state index >= 15 is 0 Å². The number of rotatable bonds is 9. The third kappa shape index (κ3) is 7.72. The van der Waals surface area contributed by atoms with Gasteiger partial charge in [-0.2, -0.15) is 0 Å². The fraction of sp³-hybridized carbons (Fsp3) is 1.00. The average Bonchev–Trinajstić information content (AvgIpc) is 2.17. The van der Waals surface area contributed by atoms with Crippen LogP contribution in [-0.2, 0) is 0 Å². The lowest BCUT2D eigenvalue weighted by Crippen LogP contribution is -2.30. The van der Waals surface area contributed by atoms with E-state index in [9.17, 15) is 10.2 Å². The average molecular weight is 271 g/mol. The zero-order valence-electron chi connectivity index (χ0n) is 10.2. The molecule has 3 unspecified atom stereocenters. The largest absolute Gasteiger partial charge is 0.393 e. The first kappa shape index (κ1) is 16.5. The lowest BCUT2D eigenvalue weighted by atomic mass is 9.89. The molecular formula is C12H24Cl2O2. The Balaban J connectivity index is 3.98. The van der Waals surface area contributed by atoms with Gasteiger partial charge in [0, 0.05) is 5.92 Å². The van der Waals surface area contributed by atoms with Crippen LogP contribution in [0.2, 0.25) is 0 Å². The van der Waals surface area contributed by atoms with Gasteiger partial charge in [-0.25, -0.2) is 0 Å². The van der Waals surface area contributed by atoms with Gasteiger partial charge >= 0.3 is 0 Å². The Morgan fingerprint density at radius 2 is 1.62 bits per heavy atom. The van der Waals surface area contributed by atoms with Crippen molar-refractivity contribution in [1.29, 1.82) is 0 Å². The molecule has 0 fully saturated rings. The number of unbranched alkanes of at least 4 members (excludes halogenated alkanes) is 2. The Morgan fingerprint density at radius 3 is 2.06 bits per heavy atom. The molecule has 2 nitrogen and oxygen atoms in total. The van der Waals surface area contributed by atoms with Gasteiger partial charge in [-0.1, -0.05) is 26.2 Å². The number of halogens is 2. The Hall–Kier alpha value is 0.500. The van der Waals surface area contributed by atoms with Crippen LogP contribution in [0.5, 0.6) is 0 Å². The van der Waals surface area contributed by atoms with Crippen LogP contribution in [0.4, 0.5) is 0 Å². The minimum Gasteiger partial charge on any atom is -0.393 e. The second-order valence-corrected chi connectivity index (χ2v) is 5.71. The van der Waals surface area contributed by atoms with Crippen molar-refractivity contribution in [3.05, 3.63) is 0 Å². The maximum atomic E-state index is 9.97. The molecule has 3 atom stereocenters. The Kier molecular flexibility index (Phi) is 9.82. The van der Waals surface area contributed by atoms with Crippen molar-refractivity contribution in [2.45, 2.75) is 69.4 Å². The van der Waals surface area contributed by atoms with Crippen molar-refractivity contribution in [3.8, 4) is 0 Å². The lowest BCUT2D eigenvalue weighted by Gasteiger charge is -2.25. The van der Waals surface area contributed by atoms with E-state index in [1.165, 1.54) is 0 Å². The van der Waals surface area contributed by atoms with E-state index in [0.717, 1.165) is 25.7 Å². The SMILES string of the molecule is CCCCCC(O)C(CCC(Cl)Cl)C(C)O. The third-order valence-electron chi connectivity index (χ3n) is 2.94. The summed E-state index contributed by atoms with van der Waals surface area (Å²) in [5, 5.41) is 19.6. The summed E-state index contributed by atoms with van der Waals surface area (Å²) in [6.45, 7) is 3.84. The van der Waals surface area contributed by atoms with Crippen molar-refractivity contribution >= 4 is 23.2 Å². The highest BCUT2D eigenvalue weighted by Gasteiger charge is 2.23. The van der Waals surface area contributed by atoms with E-state index in [1.54, 1.807) is 6.92 Å². The summed E-state index contributed by atoms with van der Waals surface area (Å²) in [4.78, 5) is -0.413. The summed E-state index contributed by atoms with van der Waals surface area (Å²) < 4.78 is 0. The topological polar surface area (TPSA) is 40.5 Å². The van der Waals surface area contributed by atoms with Gasteiger partial charge in [0.1, 0.15) is 4.84 Å². The van der Waals surface area contributed by atoms with Crippen molar-refractivity contribution in [3.63, 3.8) is 0 Å². The molecule has 0 saturated heterocycles. The normalized spacial score (nSPS) is 17.4. The number of aliphatic hydroxyl groups excluding tert-OH is 2. The van der Waals surface area contributed by atoms with Crippen LogP contribution in [-0.4, -0.2) is 27.3 Å². The van der Waals surface area contributed by atoms with Crippen LogP contribution in [0.1, 0.15) is 52.4 Å². The van der Waals surface area contributed by atoms with Crippen LogP contribution in [0.3, 0.4) is 0 Å². The van der Waals surface area contributed by atoms with Gasteiger partial charge in [-0.3, -0.25) is 0 Å². The molecule has 0 spiro atoms. The van der Waals surface area contributed by atoms with Gasteiger partial charge in [0.25, 0.3) is 0 Å². The molecule has 0 heterocycles. The fourth-order valence-electron chi connectivity index (χ4n) is 1.89. The van der Waals surface area contributed by atoms with Crippen LogP contribution in [0, 0.1) is 5.92 Å². The van der Waals surface area contributed by atoms with Gasteiger partial charge in [0.05, 0.1) is 12.2 Å². The minimum absolute atomic E-state index is 0.114. The molecule has 0 rings (SSSR count). The summed E-state index contributed by atoms with van der Waals surface area (Å²) in [5.74, 6) is -0.114. The second kappa shape index (κ2) is 9.52. The van der Waals surface area contributed by atoms with Gasteiger partial charge < -0.3 is 10.2 Å². The van der Waals surface area contributed by atoms with E-state index in [-0.39, 0.29) is 5.92 Å². The van der Waals surface area contributed by atoms with Crippen LogP contribution in [0.25, 0.3) is 0 Å². The molecule has 16 heavy (non-hydrogen) atoms. The summed E-state index contributed by atoms with van der Waals surface area (Å²) in [6, 6.07) is 0. The molecule has 0 aromatic heterocycles. The molecule has 4 heteroatoms. The van der Waals surface area contributed by atoms with Gasteiger partial charge in [0.2, 0.25) is 0 Å². The molecule has 98 valence electrons. The summed E-state index contributed by atoms with van der Waals surface area (Å²) in [7, 11) is 0. The van der Waals surface area contributed by atoms with E-state index in [1.807, 2.05) is 0 Å². The van der Waals surface area contributed by atoms with Crippen molar-refractivity contribution in [1.82, 2.24) is 0 Å².